The molecule has 0 fully saturated rings. The summed E-state index contributed by atoms with van der Waals surface area (Å²) in [6.07, 6.45) is 2.66. The number of ether oxygens (including phenoxy) is 2. The van der Waals surface area contributed by atoms with Gasteiger partial charge >= 0.3 is 0 Å². The van der Waals surface area contributed by atoms with Gasteiger partial charge in [0.05, 0.1) is 11.1 Å². The number of methoxy groups -OCH3 is 1. The molecule has 1 aromatic heterocycles. The maximum absolute atomic E-state index is 5.46. The molecule has 1 aromatic rings. The van der Waals surface area contributed by atoms with Crippen LogP contribution >= 0.6 is 15.9 Å². The van der Waals surface area contributed by atoms with Crippen LogP contribution < -0.4 is 4.74 Å². The normalized spacial score (nSPS) is 10.2. The molecule has 0 spiro atoms. The second kappa shape index (κ2) is 5.98. The quantitative estimate of drug-likeness (QED) is 0.762. The summed E-state index contributed by atoms with van der Waals surface area (Å²) in [6, 6.07) is 1.98. The Morgan fingerprint density at radius 3 is 2.86 bits per heavy atom. The lowest BCUT2D eigenvalue weighted by atomic mass is 10.3. The second-order valence-electron chi connectivity index (χ2n) is 2.99. The molecular formula is C10H14BrNO2. The van der Waals surface area contributed by atoms with Gasteiger partial charge in [-0.1, -0.05) is 0 Å². The Hall–Kier alpha value is -0.610. The molecule has 14 heavy (non-hydrogen) atoms. The summed E-state index contributed by atoms with van der Waals surface area (Å²) in [5, 5.41) is 0. The van der Waals surface area contributed by atoms with Crippen LogP contribution in [0.5, 0.6) is 5.88 Å². The highest BCUT2D eigenvalue weighted by atomic mass is 79.9. The van der Waals surface area contributed by atoms with Gasteiger partial charge in [0.15, 0.2) is 0 Å². The van der Waals surface area contributed by atoms with Crippen molar-refractivity contribution in [1.29, 1.82) is 0 Å². The molecule has 0 saturated heterocycles. The predicted octanol–water partition coefficient (Wildman–Crippen LogP) is 2.57. The number of hydrogen-bond acceptors (Lipinski definition) is 3. The number of hydrogen-bond donors (Lipinski definition) is 0. The van der Waals surface area contributed by atoms with E-state index in [0.29, 0.717) is 19.1 Å². The number of pyridine rings is 1. The van der Waals surface area contributed by atoms with E-state index in [1.165, 1.54) is 0 Å². The van der Waals surface area contributed by atoms with Crippen molar-refractivity contribution in [3.63, 3.8) is 0 Å². The first-order chi connectivity index (χ1) is 6.74. The molecule has 0 atom stereocenters. The van der Waals surface area contributed by atoms with Gasteiger partial charge in [-0.2, -0.15) is 0 Å². The van der Waals surface area contributed by atoms with E-state index in [1.54, 1.807) is 13.3 Å². The zero-order valence-electron chi connectivity index (χ0n) is 8.42. The van der Waals surface area contributed by atoms with E-state index in [9.17, 15) is 0 Å². The molecule has 0 radical (unpaired) electrons. The Kier molecular flexibility index (Phi) is 4.90. The standard InChI is InChI=1S/C10H14BrNO2/c1-8-6-9(11)10(12-7-8)14-5-3-4-13-2/h6-7H,3-5H2,1-2H3. The van der Waals surface area contributed by atoms with E-state index in [1.807, 2.05) is 13.0 Å². The van der Waals surface area contributed by atoms with Crippen molar-refractivity contribution in [3.8, 4) is 5.88 Å². The van der Waals surface area contributed by atoms with Crippen molar-refractivity contribution in [2.45, 2.75) is 13.3 Å². The van der Waals surface area contributed by atoms with Gasteiger partial charge in [-0.25, -0.2) is 4.98 Å². The molecule has 0 amide bonds. The van der Waals surface area contributed by atoms with Crippen LogP contribution in [0.2, 0.25) is 0 Å². The van der Waals surface area contributed by atoms with Crippen LogP contribution in [0, 0.1) is 6.92 Å². The minimum atomic E-state index is 0.627. The average Bonchev–Trinajstić information content (AvgIpc) is 2.15. The number of halogens is 1. The van der Waals surface area contributed by atoms with Gasteiger partial charge < -0.3 is 9.47 Å². The lowest BCUT2D eigenvalue weighted by molar-refractivity contribution is 0.170. The highest BCUT2D eigenvalue weighted by Gasteiger charge is 2.01. The fourth-order valence-electron chi connectivity index (χ4n) is 0.999. The monoisotopic (exact) mass is 259 g/mol. The molecule has 3 nitrogen and oxygen atoms in total. The summed E-state index contributed by atoms with van der Waals surface area (Å²) >= 11 is 3.40. The van der Waals surface area contributed by atoms with Gasteiger partial charge in [0.1, 0.15) is 0 Å². The summed E-state index contributed by atoms with van der Waals surface area (Å²) in [5.74, 6) is 0.645. The first-order valence-corrected chi connectivity index (χ1v) is 5.27. The molecular weight excluding hydrogens is 246 g/mol. The topological polar surface area (TPSA) is 31.4 Å². The average molecular weight is 260 g/mol. The summed E-state index contributed by atoms with van der Waals surface area (Å²) in [5.41, 5.74) is 1.11. The Morgan fingerprint density at radius 1 is 1.43 bits per heavy atom. The summed E-state index contributed by atoms with van der Waals surface area (Å²) in [7, 11) is 1.68. The molecule has 0 bridgehead atoms. The van der Waals surface area contributed by atoms with Crippen LogP contribution in [-0.4, -0.2) is 25.3 Å². The Morgan fingerprint density at radius 2 is 2.21 bits per heavy atom. The van der Waals surface area contributed by atoms with E-state index in [4.69, 9.17) is 9.47 Å². The Labute approximate surface area is 92.6 Å². The molecule has 0 aliphatic carbocycles. The van der Waals surface area contributed by atoms with E-state index in [0.717, 1.165) is 16.5 Å². The number of aromatic nitrogens is 1. The lowest BCUT2D eigenvalue weighted by Crippen LogP contribution is -2.03. The lowest BCUT2D eigenvalue weighted by Gasteiger charge is -2.06. The van der Waals surface area contributed by atoms with Crippen molar-refractivity contribution in [1.82, 2.24) is 4.98 Å². The Bertz CT molecular complexity index is 291. The van der Waals surface area contributed by atoms with Gasteiger partial charge in [-0.15, -0.1) is 0 Å². The summed E-state index contributed by atoms with van der Waals surface area (Å²) in [6.45, 7) is 3.33. The molecule has 0 unspecified atom stereocenters. The Balaban J connectivity index is 2.42. The van der Waals surface area contributed by atoms with Crippen LogP contribution in [-0.2, 0) is 4.74 Å². The molecule has 1 heterocycles. The first kappa shape index (κ1) is 11.5. The van der Waals surface area contributed by atoms with Crippen LogP contribution in [0.1, 0.15) is 12.0 Å². The number of nitrogens with zero attached hydrogens (tertiary/aromatic N) is 1. The molecule has 78 valence electrons. The van der Waals surface area contributed by atoms with Crippen molar-refractivity contribution in [2.24, 2.45) is 0 Å². The van der Waals surface area contributed by atoms with Crippen LogP contribution in [0.4, 0.5) is 0 Å². The zero-order valence-corrected chi connectivity index (χ0v) is 10.0. The van der Waals surface area contributed by atoms with E-state index in [2.05, 4.69) is 20.9 Å². The van der Waals surface area contributed by atoms with E-state index >= 15 is 0 Å². The SMILES string of the molecule is COCCCOc1ncc(C)cc1Br. The van der Waals surface area contributed by atoms with Crippen molar-refractivity contribution in [2.75, 3.05) is 20.3 Å². The van der Waals surface area contributed by atoms with Crippen LogP contribution in [0.15, 0.2) is 16.7 Å². The molecule has 0 aliphatic heterocycles. The van der Waals surface area contributed by atoms with Gasteiger partial charge in [-0.3, -0.25) is 0 Å². The molecule has 0 aliphatic rings. The highest BCUT2D eigenvalue weighted by molar-refractivity contribution is 9.10. The maximum Gasteiger partial charge on any atom is 0.227 e. The second-order valence-corrected chi connectivity index (χ2v) is 3.85. The van der Waals surface area contributed by atoms with Gasteiger partial charge in [0.25, 0.3) is 0 Å². The van der Waals surface area contributed by atoms with E-state index < -0.39 is 0 Å². The third-order valence-electron chi connectivity index (χ3n) is 1.68. The largest absolute Gasteiger partial charge is 0.477 e. The van der Waals surface area contributed by atoms with Crippen molar-refractivity contribution in [3.05, 3.63) is 22.3 Å². The highest BCUT2D eigenvalue weighted by Crippen LogP contribution is 2.22. The maximum atomic E-state index is 5.46. The fraction of sp³-hybridized carbons (Fsp3) is 0.500. The third-order valence-corrected chi connectivity index (χ3v) is 2.24. The number of aryl methyl sites for hydroxylation is 1. The van der Waals surface area contributed by atoms with Gasteiger partial charge in [0.2, 0.25) is 5.88 Å². The molecule has 1 rings (SSSR count). The van der Waals surface area contributed by atoms with Crippen LogP contribution in [0.3, 0.4) is 0 Å². The van der Waals surface area contributed by atoms with E-state index in [-0.39, 0.29) is 0 Å². The fourth-order valence-corrected chi connectivity index (χ4v) is 1.58. The zero-order chi connectivity index (χ0) is 10.4. The first-order valence-electron chi connectivity index (χ1n) is 4.48. The minimum absolute atomic E-state index is 0.627. The molecule has 0 saturated carbocycles. The van der Waals surface area contributed by atoms with Crippen molar-refractivity contribution < 1.29 is 9.47 Å². The summed E-state index contributed by atoms with van der Waals surface area (Å²) < 4.78 is 11.3. The molecule has 0 N–H and O–H groups in total. The predicted molar refractivity (Wildman–Crippen MR) is 58.7 cm³/mol. The summed E-state index contributed by atoms with van der Waals surface area (Å²) in [4.78, 5) is 4.17. The van der Waals surface area contributed by atoms with Gasteiger partial charge in [-0.05, 0) is 34.5 Å². The minimum Gasteiger partial charge on any atom is -0.477 e. The van der Waals surface area contributed by atoms with Crippen LogP contribution in [0.25, 0.3) is 0 Å². The molecule has 0 aromatic carbocycles. The van der Waals surface area contributed by atoms with Gasteiger partial charge in [0, 0.05) is 26.3 Å². The molecule has 4 heteroatoms. The smallest absolute Gasteiger partial charge is 0.227 e. The number of rotatable bonds is 5. The van der Waals surface area contributed by atoms with Crippen molar-refractivity contribution >= 4 is 15.9 Å². The third kappa shape index (κ3) is 3.64.